The molecule has 0 unspecified atom stereocenters. The Bertz CT molecular complexity index is 570. The van der Waals surface area contributed by atoms with Crippen LogP contribution in [-0.4, -0.2) is 25.7 Å². The van der Waals surface area contributed by atoms with Gasteiger partial charge in [-0.25, -0.2) is 4.99 Å². The topological polar surface area (TPSA) is 45.7 Å². The van der Waals surface area contributed by atoms with Crippen molar-refractivity contribution in [1.82, 2.24) is 10.6 Å². The van der Waals surface area contributed by atoms with Gasteiger partial charge in [-0.15, -0.1) is 0 Å². The molecule has 4 nitrogen and oxygen atoms in total. The predicted molar refractivity (Wildman–Crippen MR) is 102 cm³/mol. The summed E-state index contributed by atoms with van der Waals surface area (Å²) >= 11 is 1.71. The summed E-state index contributed by atoms with van der Waals surface area (Å²) in [6, 6.07) is 12.4. The Hall–Kier alpha value is -1.85. The largest absolute Gasteiger partial charge is 0.377 e. The molecular formula is C19H27N3OS. The first kappa shape index (κ1) is 18.5. The number of nitrogens with one attached hydrogen (secondary N) is 2. The average molecular weight is 346 g/mol. The molecule has 0 aliphatic rings. The summed E-state index contributed by atoms with van der Waals surface area (Å²) in [5.74, 6) is 0.883. The first-order valence-electron chi connectivity index (χ1n) is 8.53. The maximum Gasteiger partial charge on any atom is 0.191 e. The van der Waals surface area contributed by atoms with E-state index < -0.39 is 0 Å². The Balaban J connectivity index is 1.56. The highest BCUT2D eigenvalue weighted by molar-refractivity contribution is 7.07. The maximum atomic E-state index is 5.70. The van der Waals surface area contributed by atoms with Crippen LogP contribution in [0, 0.1) is 0 Å². The van der Waals surface area contributed by atoms with Crippen molar-refractivity contribution in [3.05, 3.63) is 58.3 Å². The third-order valence-electron chi connectivity index (χ3n) is 3.46. The third-order valence-corrected chi connectivity index (χ3v) is 4.20. The predicted octanol–water partition coefficient (Wildman–Crippen LogP) is 3.80. The Morgan fingerprint density at radius 1 is 1.08 bits per heavy atom. The van der Waals surface area contributed by atoms with Crippen molar-refractivity contribution in [2.75, 3.05) is 19.7 Å². The quantitative estimate of drug-likeness (QED) is 0.391. The van der Waals surface area contributed by atoms with E-state index in [1.807, 2.05) is 18.2 Å². The fraction of sp³-hybridized carbons (Fsp3) is 0.421. The van der Waals surface area contributed by atoms with Gasteiger partial charge >= 0.3 is 0 Å². The van der Waals surface area contributed by atoms with Crippen LogP contribution in [0.5, 0.6) is 0 Å². The highest BCUT2D eigenvalue weighted by Crippen LogP contribution is 2.06. The zero-order chi connectivity index (χ0) is 16.9. The SMILES string of the molecule is CCNC(=NCc1ccsc1)NCCCCOCc1ccccc1. The molecule has 0 saturated heterocycles. The molecule has 1 aromatic heterocycles. The van der Waals surface area contributed by atoms with E-state index in [0.717, 1.165) is 45.0 Å². The lowest BCUT2D eigenvalue weighted by Crippen LogP contribution is -2.37. The molecule has 0 amide bonds. The van der Waals surface area contributed by atoms with Crippen molar-refractivity contribution in [3.8, 4) is 0 Å². The number of unbranched alkanes of at least 4 members (excludes halogenated alkanes) is 1. The van der Waals surface area contributed by atoms with Gasteiger partial charge in [0, 0.05) is 19.7 Å². The van der Waals surface area contributed by atoms with Gasteiger partial charge < -0.3 is 15.4 Å². The monoisotopic (exact) mass is 345 g/mol. The van der Waals surface area contributed by atoms with E-state index in [0.29, 0.717) is 6.61 Å². The Morgan fingerprint density at radius 2 is 1.96 bits per heavy atom. The van der Waals surface area contributed by atoms with Gasteiger partial charge in [0.05, 0.1) is 13.2 Å². The number of hydrogen-bond acceptors (Lipinski definition) is 3. The normalized spacial score (nSPS) is 11.5. The van der Waals surface area contributed by atoms with Crippen molar-refractivity contribution < 1.29 is 4.74 Å². The summed E-state index contributed by atoms with van der Waals surface area (Å²) in [6.45, 7) is 6.07. The minimum atomic E-state index is 0.693. The van der Waals surface area contributed by atoms with Crippen molar-refractivity contribution in [2.45, 2.75) is 32.9 Å². The Kier molecular flexibility index (Phi) is 8.97. The van der Waals surface area contributed by atoms with Crippen LogP contribution in [0.25, 0.3) is 0 Å². The second-order valence-electron chi connectivity index (χ2n) is 5.50. The van der Waals surface area contributed by atoms with Crippen LogP contribution in [0.1, 0.15) is 30.9 Å². The molecule has 130 valence electrons. The van der Waals surface area contributed by atoms with Crippen molar-refractivity contribution in [3.63, 3.8) is 0 Å². The summed E-state index contributed by atoms with van der Waals surface area (Å²) in [6.07, 6.45) is 2.11. The van der Waals surface area contributed by atoms with Crippen LogP contribution in [0.3, 0.4) is 0 Å². The van der Waals surface area contributed by atoms with Gasteiger partial charge in [-0.05, 0) is 47.7 Å². The lowest BCUT2D eigenvalue weighted by atomic mass is 10.2. The van der Waals surface area contributed by atoms with E-state index in [9.17, 15) is 0 Å². The first-order valence-corrected chi connectivity index (χ1v) is 9.47. The molecule has 0 bridgehead atoms. The molecule has 2 aromatic rings. The van der Waals surface area contributed by atoms with Gasteiger partial charge in [0.25, 0.3) is 0 Å². The second-order valence-corrected chi connectivity index (χ2v) is 6.28. The summed E-state index contributed by atoms with van der Waals surface area (Å²) in [5, 5.41) is 10.9. The molecule has 2 N–H and O–H groups in total. The van der Waals surface area contributed by atoms with Gasteiger partial charge in [-0.1, -0.05) is 30.3 Å². The Morgan fingerprint density at radius 3 is 2.71 bits per heavy atom. The summed E-state index contributed by atoms with van der Waals surface area (Å²) in [7, 11) is 0. The molecular weight excluding hydrogens is 318 g/mol. The molecule has 0 atom stereocenters. The summed E-state index contributed by atoms with van der Waals surface area (Å²) in [5.41, 5.74) is 2.48. The van der Waals surface area contributed by atoms with E-state index >= 15 is 0 Å². The summed E-state index contributed by atoms with van der Waals surface area (Å²) in [4.78, 5) is 4.60. The van der Waals surface area contributed by atoms with Gasteiger partial charge in [-0.3, -0.25) is 0 Å². The Labute approximate surface area is 149 Å². The van der Waals surface area contributed by atoms with E-state index in [1.54, 1.807) is 11.3 Å². The van der Waals surface area contributed by atoms with Crippen LogP contribution in [0.15, 0.2) is 52.2 Å². The molecule has 5 heteroatoms. The zero-order valence-corrected chi connectivity index (χ0v) is 15.1. The van der Waals surface area contributed by atoms with Crippen LogP contribution >= 0.6 is 11.3 Å². The minimum Gasteiger partial charge on any atom is -0.377 e. The van der Waals surface area contributed by atoms with E-state index in [-0.39, 0.29) is 0 Å². The second kappa shape index (κ2) is 11.6. The minimum absolute atomic E-state index is 0.693. The number of guanidine groups is 1. The van der Waals surface area contributed by atoms with Gasteiger partial charge in [-0.2, -0.15) is 11.3 Å². The number of nitrogens with zero attached hydrogens (tertiary/aromatic N) is 1. The average Bonchev–Trinajstić information content (AvgIpc) is 3.13. The number of aliphatic imine (C=N–C) groups is 1. The van der Waals surface area contributed by atoms with Gasteiger partial charge in [0.1, 0.15) is 0 Å². The number of benzene rings is 1. The molecule has 1 heterocycles. The highest BCUT2D eigenvalue weighted by atomic mass is 32.1. The number of hydrogen-bond donors (Lipinski definition) is 2. The fourth-order valence-electron chi connectivity index (χ4n) is 2.19. The van der Waals surface area contributed by atoms with E-state index in [4.69, 9.17) is 4.74 Å². The molecule has 0 spiro atoms. The van der Waals surface area contributed by atoms with Crippen molar-refractivity contribution in [2.24, 2.45) is 4.99 Å². The summed E-state index contributed by atoms with van der Waals surface area (Å²) < 4.78 is 5.70. The molecule has 0 radical (unpaired) electrons. The third kappa shape index (κ3) is 7.62. The zero-order valence-electron chi connectivity index (χ0n) is 14.3. The number of ether oxygens (including phenoxy) is 1. The smallest absolute Gasteiger partial charge is 0.191 e. The van der Waals surface area contributed by atoms with Crippen LogP contribution in [-0.2, 0) is 17.9 Å². The molecule has 0 aliphatic heterocycles. The number of thiophene rings is 1. The van der Waals surface area contributed by atoms with E-state index in [2.05, 4.69) is 51.5 Å². The van der Waals surface area contributed by atoms with Crippen LogP contribution in [0.2, 0.25) is 0 Å². The van der Waals surface area contributed by atoms with Crippen molar-refractivity contribution in [1.29, 1.82) is 0 Å². The van der Waals surface area contributed by atoms with Gasteiger partial charge in [0.15, 0.2) is 5.96 Å². The molecule has 0 saturated carbocycles. The lowest BCUT2D eigenvalue weighted by Gasteiger charge is -2.11. The molecule has 24 heavy (non-hydrogen) atoms. The molecule has 0 fully saturated rings. The number of rotatable bonds is 10. The molecule has 2 rings (SSSR count). The lowest BCUT2D eigenvalue weighted by molar-refractivity contribution is 0.117. The molecule has 0 aliphatic carbocycles. The first-order chi connectivity index (χ1) is 11.9. The van der Waals surface area contributed by atoms with Gasteiger partial charge in [0.2, 0.25) is 0 Å². The van der Waals surface area contributed by atoms with E-state index in [1.165, 1.54) is 11.1 Å². The van der Waals surface area contributed by atoms with Crippen molar-refractivity contribution >= 4 is 17.3 Å². The molecule has 1 aromatic carbocycles. The fourth-order valence-corrected chi connectivity index (χ4v) is 2.85. The van der Waals surface area contributed by atoms with Crippen LogP contribution < -0.4 is 10.6 Å². The maximum absolute atomic E-state index is 5.70. The highest BCUT2D eigenvalue weighted by Gasteiger charge is 1.98. The standard InChI is InChI=1S/C19H27N3OS/c1-2-20-19(22-14-18-10-13-24-16-18)21-11-6-7-12-23-15-17-8-4-3-5-9-17/h3-5,8-10,13,16H,2,6-7,11-12,14-15H2,1H3,(H2,20,21,22). The van der Waals surface area contributed by atoms with Crippen LogP contribution in [0.4, 0.5) is 0 Å².